The summed E-state index contributed by atoms with van der Waals surface area (Å²) in [5, 5.41) is 14.6. The summed E-state index contributed by atoms with van der Waals surface area (Å²) in [6.07, 6.45) is 0. The van der Waals surface area contributed by atoms with Gasteiger partial charge in [-0.15, -0.1) is 11.8 Å². The van der Waals surface area contributed by atoms with E-state index in [1.165, 1.54) is 0 Å². The molecule has 0 unspecified atom stereocenters. The number of rotatable bonds is 6. The molecule has 1 amide bonds. The Kier molecular flexibility index (Phi) is 4.98. The number of anilines is 1. The Morgan fingerprint density at radius 1 is 1.71 bits per heavy atom. The number of thioether (sulfide) groups is 1. The second-order valence-corrected chi connectivity index (χ2v) is 4.36. The first-order chi connectivity index (χ1) is 7.99. The summed E-state index contributed by atoms with van der Waals surface area (Å²) >= 11 is 1.15. The van der Waals surface area contributed by atoms with Crippen molar-refractivity contribution in [3.8, 4) is 0 Å². The number of aromatic nitrogens is 1. The van der Waals surface area contributed by atoms with Gasteiger partial charge < -0.3 is 20.7 Å². The van der Waals surface area contributed by atoms with Gasteiger partial charge in [-0.1, -0.05) is 5.16 Å². The van der Waals surface area contributed by atoms with Crippen molar-refractivity contribution in [1.82, 2.24) is 5.16 Å². The van der Waals surface area contributed by atoms with E-state index in [-0.39, 0.29) is 17.4 Å². The Hall–Kier alpha value is -1.54. The van der Waals surface area contributed by atoms with Gasteiger partial charge in [-0.2, -0.15) is 0 Å². The molecule has 94 valence electrons. The lowest BCUT2D eigenvalue weighted by Gasteiger charge is -2.05. The third kappa shape index (κ3) is 4.87. The summed E-state index contributed by atoms with van der Waals surface area (Å²) in [4.78, 5) is 21.8. The number of nitrogens with zero attached hydrogens (tertiary/aromatic N) is 1. The molecular weight excluding hydrogens is 246 g/mol. The van der Waals surface area contributed by atoms with E-state index in [0.29, 0.717) is 11.6 Å². The monoisotopic (exact) mass is 259 g/mol. The predicted molar refractivity (Wildman–Crippen MR) is 62.8 cm³/mol. The highest BCUT2D eigenvalue weighted by molar-refractivity contribution is 8.00. The van der Waals surface area contributed by atoms with E-state index in [2.05, 4.69) is 10.5 Å². The summed E-state index contributed by atoms with van der Waals surface area (Å²) in [5.74, 6) is -0.115. The molecule has 0 aliphatic heterocycles. The van der Waals surface area contributed by atoms with Gasteiger partial charge >= 0.3 is 5.97 Å². The zero-order valence-electron chi connectivity index (χ0n) is 9.17. The number of carbonyl (C=O) groups excluding carboxylic acids is 1. The van der Waals surface area contributed by atoms with Crippen LogP contribution in [0.15, 0.2) is 10.6 Å². The largest absolute Gasteiger partial charge is 0.480 e. The number of carbonyl (C=O) groups is 2. The average Bonchev–Trinajstić information content (AvgIpc) is 2.63. The normalized spacial score (nSPS) is 12.1. The lowest BCUT2D eigenvalue weighted by molar-refractivity contribution is -0.137. The SMILES string of the molecule is Cc1cc(NC(=O)CSC[C@H](N)C(=O)O)no1. The van der Waals surface area contributed by atoms with Crippen LogP contribution in [0.4, 0.5) is 5.82 Å². The molecule has 1 rings (SSSR count). The Bertz CT molecular complexity index is 407. The van der Waals surface area contributed by atoms with Crippen LogP contribution in [0.5, 0.6) is 0 Å². The number of hydrogen-bond acceptors (Lipinski definition) is 6. The summed E-state index contributed by atoms with van der Waals surface area (Å²) in [6.45, 7) is 1.71. The molecule has 0 fully saturated rings. The van der Waals surface area contributed by atoms with Crippen LogP contribution in [0.25, 0.3) is 0 Å². The third-order valence-corrected chi connectivity index (χ3v) is 2.80. The highest BCUT2D eigenvalue weighted by Crippen LogP contribution is 2.08. The van der Waals surface area contributed by atoms with Crippen LogP contribution in [-0.2, 0) is 9.59 Å². The van der Waals surface area contributed by atoms with E-state index < -0.39 is 12.0 Å². The highest BCUT2D eigenvalue weighted by atomic mass is 32.2. The van der Waals surface area contributed by atoms with Gasteiger partial charge in [-0.05, 0) is 6.92 Å². The second-order valence-electron chi connectivity index (χ2n) is 3.33. The number of amides is 1. The summed E-state index contributed by atoms with van der Waals surface area (Å²) in [6, 6.07) is 0.632. The minimum atomic E-state index is -1.08. The first kappa shape index (κ1) is 13.5. The van der Waals surface area contributed by atoms with Gasteiger partial charge in [0.1, 0.15) is 11.8 Å². The van der Waals surface area contributed by atoms with E-state index in [0.717, 1.165) is 11.8 Å². The molecule has 17 heavy (non-hydrogen) atoms. The zero-order chi connectivity index (χ0) is 12.8. The zero-order valence-corrected chi connectivity index (χ0v) is 9.99. The molecule has 1 aromatic heterocycles. The van der Waals surface area contributed by atoms with Crippen molar-refractivity contribution in [3.05, 3.63) is 11.8 Å². The molecule has 1 heterocycles. The molecule has 4 N–H and O–H groups in total. The molecule has 0 saturated heterocycles. The number of carboxylic acids is 1. The van der Waals surface area contributed by atoms with Crippen molar-refractivity contribution < 1.29 is 19.2 Å². The lowest BCUT2D eigenvalue weighted by atomic mass is 10.4. The van der Waals surface area contributed by atoms with Crippen LogP contribution in [0, 0.1) is 6.92 Å². The van der Waals surface area contributed by atoms with Crippen LogP contribution < -0.4 is 11.1 Å². The van der Waals surface area contributed by atoms with Crippen molar-refractivity contribution in [3.63, 3.8) is 0 Å². The van der Waals surface area contributed by atoms with E-state index in [4.69, 9.17) is 15.4 Å². The van der Waals surface area contributed by atoms with Crippen molar-refractivity contribution in [2.45, 2.75) is 13.0 Å². The molecule has 0 aliphatic carbocycles. The molecule has 0 aliphatic rings. The van der Waals surface area contributed by atoms with E-state index in [1.807, 2.05) is 0 Å². The minimum Gasteiger partial charge on any atom is -0.480 e. The molecule has 7 nitrogen and oxygen atoms in total. The van der Waals surface area contributed by atoms with Crippen LogP contribution in [0.2, 0.25) is 0 Å². The molecule has 1 aromatic rings. The molecular formula is C9H13N3O4S. The first-order valence-electron chi connectivity index (χ1n) is 4.78. The standard InChI is InChI=1S/C9H13N3O4S/c1-5-2-7(12-16-5)11-8(13)4-17-3-6(10)9(14)15/h2,6H,3-4,10H2,1H3,(H,14,15)(H,11,12,13)/t6-/m0/s1. The Morgan fingerprint density at radius 3 is 2.94 bits per heavy atom. The second kappa shape index (κ2) is 6.26. The van der Waals surface area contributed by atoms with Gasteiger partial charge in [-0.25, -0.2) is 0 Å². The van der Waals surface area contributed by atoms with Crippen molar-refractivity contribution in [2.75, 3.05) is 16.8 Å². The van der Waals surface area contributed by atoms with Crippen LogP contribution >= 0.6 is 11.8 Å². The fourth-order valence-electron chi connectivity index (χ4n) is 0.954. The molecule has 0 radical (unpaired) electrons. The van der Waals surface area contributed by atoms with Crippen molar-refractivity contribution in [2.24, 2.45) is 5.73 Å². The van der Waals surface area contributed by atoms with Gasteiger partial charge in [0.15, 0.2) is 5.82 Å². The van der Waals surface area contributed by atoms with Gasteiger partial charge in [-0.3, -0.25) is 9.59 Å². The lowest BCUT2D eigenvalue weighted by Crippen LogP contribution is -2.33. The van der Waals surface area contributed by atoms with Crippen molar-refractivity contribution in [1.29, 1.82) is 0 Å². The van der Waals surface area contributed by atoms with Crippen molar-refractivity contribution >= 4 is 29.5 Å². The smallest absolute Gasteiger partial charge is 0.321 e. The fourth-order valence-corrected chi connectivity index (χ4v) is 1.73. The average molecular weight is 259 g/mol. The summed E-state index contributed by atoms with van der Waals surface area (Å²) in [7, 11) is 0. The molecule has 1 atom stereocenters. The maximum absolute atomic E-state index is 11.4. The molecule has 8 heteroatoms. The number of nitrogens with one attached hydrogen (secondary N) is 1. The topological polar surface area (TPSA) is 118 Å². The number of aliphatic carboxylic acids is 1. The van der Waals surface area contributed by atoms with Gasteiger partial charge in [0, 0.05) is 11.8 Å². The van der Waals surface area contributed by atoms with Crippen LogP contribution in [0.1, 0.15) is 5.76 Å². The van der Waals surface area contributed by atoms with Crippen LogP contribution in [0.3, 0.4) is 0 Å². The van der Waals surface area contributed by atoms with Gasteiger partial charge in [0.25, 0.3) is 0 Å². The summed E-state index contributed by atoms with van der Waals surface area (Å²) in [5.41, 5.74) is 5.28. The maximum atomic E-state index is 11.4. The molecule has 0 spiro atoms. The fraction of sp³-hybridized carbons (Fsp3) is 0.444. The Morgan fingerprint density at radius 2 is 2.41 bits per heavy atom. The summed E-state index contributed by atoms with van der Waals surface area (Å²) < 4.78 is 4.77. The third-order valence-electron chi connectivity index (χ3n) is 1.74. The van der Waals surface area contributed by atoms with E-state index >= 15 is 0 Å². The van der Waals surface area contributed by atoms with Gasteiger partial charge in [0.05, 0.1) is 5.75 Å². The molecule has 0 bridgehead atoms. The van der Waals surface area contributed by atoms with E-state index in [1.54, 1.807) is 13.0 Å². The molecule has 0 aromatic carbocycles. The predicted octanol–water partition coefficient (Wildman–Crippen LogP) is 0.0666. The molecule has 0 saturated carbocycles. The van der Waals surface area contributed by atoms with Gasteiger partial charge in [0.2, 0.25) is 5.91 Å². The number of aryl methyl sites for hydroxylation is 1. The van der Waals surface area contributed by atoms with E-state index in [9.17, 15) is 9.59 Å². The minimum absolute atomic E-state index is 0.118. The highest BCUT2D eigenvalue weighted by Gasteiger charge is 2.12. The number of carboxylic acid groups (broad SMARTS) is 1. The quantitative estimate of drug-likeness (QED) is 0.661. The Balaban J connectivity index is 2.24. The number of nitrogens with two attached hydrogens (primary N) is 1. The van der Waals surface area contributed by atoms with Crippen LogP contribution in [-0.4, -0.2) is 39.7 Å². The maximum Gasteiger partial charge on any atom is 0.321 e. The Labute approximate surface area is 102 Å². The first-order valence-corrected chi connectivity index (χ1v) is 5.94. The number of hydrogen-bond donors (Lipinski definition) is 3.